The van der Waals surface area contributed by atoms with Crippen LogP contribution in [-0.2, 0) is 12.7 Å². The van der Waals surface area contributed by atoms with Crippen molar-refractivity contribution in [3.63, 3.8) is 0 Å². The van der Waals surface area contributed by atoms with Gasteiger partial charge in [0.25, 0.3) is 0 Å². The number of aliphatic hydroxyl groups excluding tert-OH is 1. The Morgan fingerprint density at radius 1 is 1.24 bits per heavy atom. The van der Waals surface area contributed by atoms with Gasteiger partial charge in [0.15, 0.2) is 0 Å². The van der Waals surface area contributed by atoms with Crippen LogP contribution < -0.4 is 5.32 Å². The highest BCUT2D eigenvalue weighted by atomic mass is 19.4. The van der Waals surface area contributed by atoms with E-state index in [1.165, 1.54) is 12.1 Å². The molecule has 0 spiro atoms. The second-order valence-corrected chi connectivity index (χ2v) is 4.01. The molecule has 0 saturated heterocycles. The van der Waals surface area contributed by atoms with Crippen molar-refractivity contribution in [3.8, 4) is 0 Å². The molecule has 0 heterocycles. The zero-order chi connectivity index (χ0) is 12.9. The van der Waals surface area contributed by atoms with Crippen molar-refractivity contribution in [2.24, 2.45) is 0 Å². The van der Waals surface area contributed by atoms with Crippen LogP contribution in [0.3, 0.4) is 0 Å². The fourth-order valence-electron chi connectivity index (χ4n) is 1.36. The number of alkyl halides is 3. The summed E-state index contributed by atoms with van der Waals surface area (Å²) in [5, 5.41) is 12.1. The molecule has 0 bridgehead atoms. The van der Waals surface area contributed by atoms with Gasteiger partial charge < -0.3 is 10.4 Å². The van der Waals surface area contributed by atoms with Crippen LogP contribution in [0.15, 0.2) is 24.3 Å². The number of nitrogens with one attached hydrogen (secondary N) is 1. The summed E-state index contributed by atoms with van der Waals surface area (Å²) in [6, 6.07) is 5.06. The minimum Gasteiger partial charge on any atom is -0.393 e. The monoisotopic (exact) mass is 247 g/mol. The Hall–Kier alpha value is -1.07. The Morgan fingerprint density at radius 2 is 1.82 bits per heavy atom. The summed E-state index contributed by atoms with van der Waals surface area (Å²) in [4.78, 5) is 0. The zero-order valence-corrected chi connectivity index (χ0v) is 9.59. The van der Waals surface area contributed by atoms with E-state index in [0.29, 0.717) is 19.5 Å². The van der Waals surface area contributed by atoms with Crippen LogP contribution in [0.4, 0.5) is 13.2 Å². The molecule has 1 aromatic carbocycles. The van der Waals surface area contributed by atoms with Gasteiger partial charge in [-0.25, -0.2) is 0 Å². The van der Waals surface area contributed by atoms with E-state index < -0.39 is 11.7 Å². The van der Waals surface area contributed by atoms with Crippen LogP contribution in [-0.4, -0.2) is 17.8 Å². The van der Waals surface area contributed by atoms with Gasteiger partial charge in [0.2, 0.25) is 0 Å². The molecule has 0 aliphatic heterocycles. The van der Waals surface area contributed by atoms with E-state index in [1.807, 2.05) is 0 Å². The van der Waals surface area contributed by atoms with Gasteiger partial charge in [0.05, 0.1) is 11.7 Å². The van der Waals surface area contributed by atoms with Crippen molar-refractivity contribution < 1.29 is 18.3 Å². The smallest absolute Gasteiger partial charge is 0.393 e. The molecule has 0 aliphatic carbocycles. The van der Waals surface area contributed by atoms with Crippen molar-refractivity contribution in [1.29, 1.82) is 0 Å². The van der Waals surface area contributed by atoms with E-state index in [1.54, 1.807) is 6.92 Å². The van der Waals surface area contributed by atoms with Gasteiger partial charge in [-0.2, -0.15) is 13.2 Å². The molecule has 0 aromatic heterocycles. The summed E-state index contributed by atoms with van der Waals surface area (Å²) >= 11 is 0. The van der Waals surface area contributed by atoms with Gasteiger partial charge >= 0.3 is 6.18 Å². The molecule has 1 aromatic rings. The van der Waals surface area contributed by atoms with E-state index in [-0.39, 0.29) is 6.10 Å². The lowest BCUT2D eigenvalue weighted by Gasteiger charge is -2.09. The van der Waals surface area contributed by atoms with Crippen LogP contribution in [0.2, 0.25) is 0 Å². The largest absolute Gasteiger partial charge is 0.416 e. The lowest BCUT2D eigenvalue weighted by Crippen LogP contribution is -2.18. The van der Waals surface area contributed by atoms with Crippen molar-refractivity contribution in [2.45, 2.75) is 32.2 Å². The van der Waals surface area contributed by atoms with Gasteiger partial charge in [0.1, 0.15) is 0 Å². The third-order valence-corrected chi connectivity index (χ3v) is 2.35. The van der Waals surface area contributed by atoms with E-state index >= 15 is 0 Å². The van der Waals surface area contributed by atoms with Gasteiger partial charge in [-0.3, -0.25) is 0 Å². The lowest BCUT2D eigenvalue weighted by atomic mass is 10.1. The van der Waals surface area contributed by atoms with Gasteiger partial charge in [-0.15, -0.1) is 0 Å². The minimum absolute atomic E-state index is 0.366. The minimum atomic E-state index is -4.28. The van der Waals surface area contributed by atoms with Crippen molar-refractivity contribution in [1.82, 2.24) is 5.32 Å². The second-order valence-electron chi connectivity index (χ2n) is 4.01. The lowest BCUT2D eigenvalue weighted by molar-refractivity contribution is -0.137. The predicted octanol–water partition coefficient (Wildman–Crippen LogP) is 2.57. The highest BCUT2D eigenvalue weighted by Gasteiger charge is 2.29. The molecule has 1 atom stereocenters. The number of rotatable bonds is 5. The molecule has 0 fully saturated rings. The Kier molecular flexibility index (Phi) is 4.96. The van der Waals surface area contributed by atoms with E-state index in [0.717, 1.165) is 17.7 Å². The maximum atomic E-state index is 12.3. The average molecular weight is 247 g/mol. The van der Waals surface area contributed by atoms with Crippen molar-refractivity contribution in [3.05, 3.63) is 35.4 Å². The Labute approximate surface area is 98.5 Å². The highest BCUT2D eigenvalue weighted by molar-refractivity contribution is 5.24. The Morgan fingerprint density at radius 3 is 2.29 bits per heavy atom. The molecule has 2 N–H and O–H groups in total. The van der Waals surface area contributed by atoms with Crippen LogP contribution in [0.5, 0.6) is 0 Å². The molecule has 2 nitrogen and oxygen atoms in total. The Balaban J connectivity index is 2.41. The Bertz CT molecular complexity index is 333. The number of hydrogen-bond acceptors (Lipinski definition) is 2. The molecule has 0 radical (unpaired) electrons. The second kappa shape index (κ2) is 6.02. The first-order valence-corrected chi connectivity index (χ1v) is 5.44. The SMILES string of the molecule is CC(O)CCNCc1ccc(C(F)(F)F)cc1. The molecule has 96 valence electrons. The summed E-state index contributed by atoms with van der Waals surface area (Å²) in [7, 11) is 0. The molecular formula is C12H16F3NO. The fraction of sp³-hybridized carbons (Fsp3) is 0.500. The molecule has 0 amide bonds. The van der Waals surface area contributed by atoms with Gasteiger partial charge in [0, 0.05) is 6.54 Å². The zero-order valence-electron chi connectivity index (χ0n) is 9.59. The van der Waals surface area contributed by atoms with Gasteiger partial charge in [-0.05, 0) is 37.6 Å². The topological polar surface area (TPSA) is 32.3 Å². The maximum Gasteiger partial charge on any atom is 0.416 e. The fourth-order valence-corrected chi connectivity index (χ4v) is 1.36. The standard InChI is InChI=1S/C12H16F3NO/c1-9(17)6-7-16-8-10-2-4-11(5-3-10)12(13,14)15/h2-5,9,16-17H,6-8H2,1H3. The van der Waals surface area contributed by atoms with Crippen LogP contribution in [0.1, 0.15) is 24.5 Å². The van der Waals surface area contributed by atoms with Crippen molar-refractivity contribution in [2.75, 3.05) is 6.54 Å². The van der Waals surface area contributed by atoms with E-state index in [2.05, 4.69) is 5.32 Å². The molecule has 5 heteroatoms. The first-order valence-electron chi connectivity index (χ1n) is 5.44. The summed E-state index contributed by atoms with van der Waals surface area (Å²) < 4.78 is 36.8. The number of halogens is 3. The average Bonchev–Trinajstić information content (AvgIpc) is 2.23. The summed E-state index contributed by atoms with van der Waals surface area (Å²) in [6.07, 6.45) is -4.02. The molecular weight excluding hydrogens is 231 g/mol. The summed E-state index contributed by atoms with van der Waals surface area (Å²) in [6.45, 7) is 2.84. The molecule has 0 saturated carbocycles. The molecule has 1 unspecified atom stereocenters. The van der Waals surface area contributed by atoms with E-state index in [4.69, 9.17) is 5.11 Å². The molecule has 0 aliphatic rings. The molecule has 1 rings (SSSR count). The number of hydrogen-bond donors (Lipinski definition) is 2. The van der Waals surface area contributed by atoms with Crippen molar-refractivity contribution >= 4 is 0 Å². The first-order chi connectivity index (χ1) is 7.89. The number of aliphatic hydroxyl groups is 1. The third-order valence-electron chi connectivity index (χ3n) is 2.35. The quantitative estimate of drug-likeness (QED) is 0.784. The molecule has 17 heavy (non-hydrogen) atoms. The van der Waals surface area contributed by atoms with Crippen LogP contribution in [0, 0.1) is 0 Å². The number of benzene rings is 1. The summed E-state index contributed by atoms with van der Waals surface area (Å²) in [5.41, 5.74) is 0.161. The highest BCUT2D eigenvalue weighted by Crippen LogP contribution is 2.28. The summed E-state index contributed by atoms with van der Waals surface area (Å²) in [5.74, 6) is 0. The van der Waals surface area contributed by atoms with E-state index in [9.17, 15) is 13.2 Å². The van der Waals surface area contributed by atoms with Gasteiger partial charge in [-0.1, -0.05) is 12.1 Å². The third kappa shape index (κ3) is 5.19. The van der Waals surface area contributed by atoms with Crippen LogP contribution in [0.25, 0.3) is 0 Å². The van der Waals surface area contributed by atoms with Crippen LogP contribution >= 0.6 is 0 Å². The first kappa shape index (κ1) is 14.0. The maximum absolute atomic E-state index is 12.3. The normalized spacial score (nSPS) is 13.7. The predicted molar refractivity (Wildman–Crippen MR) is 59.4 cm³/mol.